The van der Waals surface area contributed by atoms with Crippen molar-refractivity contribution < 1.29 is 14.7 Å². The summed E-state index contributed by atoms with van der Waals surface area (Å²) in [6.45, 7) is 2.99. The first-order valence-electron chi connectivity index (χ1n) is 9.30. The smallest absolute Gasteiger partial charge is 0.341 e. The lowest BCUT2D eigenvalue weighted by molar-refractivity contribution is -0.124. The standard InChI is InChI=1S/C19H17N5O4S/c1-9-4-13(23-5-11(6-23)15(25)10-2-3-10)22-17-14(9)16(26)12(18(27)28)7-24(17)19-20-8-21-29-19/h4,7-8,10-11H,2-3,5-6H2,1H3,(H,27,28). The Morgan fingerprint density at radius 1 is 1.24 bits per heavy atom. The number of ketones is 1. The van der Waals surface area contributed by atoms with Gasteiger partial charge in [0.25, 0.3) is 0 Å². The molecule has 3 aromatic rings. The number of carbonyl (C=O) groups excluding carboxylic acids is 1. The average molecular weight is 411 g/mol. The fourth-order valence-corrected chi connectivity index (χ4v) is 4.27. The van der Waals surface area contributed by atoms with Crippen molar-refractivity contribution in [2.75, 3.05) is 18.0 Å². The normalized spacial score (nSPS) is 16.8. The fraction of sp³-hybridized carbons (Fsp3) is 0.368. The maximum Gasteiger partial charge on any atom is 0.341 e. The Morgan fingerprint density at radius 2 is 2.00 bits per heavy atom. The lowest BCUT2D eigenvalue weighted by Crippen LogP contribution is -2.51. The lowest BCUT2D eigenvalue weighted by Gasteiger charge is -2.39. The third-order valence-corrected chi connectivity index (χ3v) is 6.18. The minimum Gasteiger partial charge on any atom is -0.477 e. The molecule has 0 amide bonds. The molecule has 10 heteroatoms. The van der Waals surface area contributed by atoms with E-state index in [1.807, 2.05) is 4.90 Å². The molecule has 1 saturated heterocycles. The van der Waals surface area contributed by atoms with Crippen LogP contribution in [-0.2, 0) is 4.79 Å². The number of Topliss-reactive ketones (excluding diaryl/α,β-unsaturated/α-hetero) is 1. The van der Waals surface area contributed by atoms with Gasteiger partial charge in [0, 0.05) is 36.7 Å². The zero-order chi connectivity index (χ0) is 20.3. The second-order valence-electron chi connectivity index (χ2n) is 7.55. The van der Waals surface area contributed by atoms with Crippen molar-refractivity contribution in [3.63, 3.8) is 0 Å². The molecule has 2 fully saturated rings. The third-order valence-electron chi connectivity index (χ3n) is 5.52. The number of anilines is 1. The quantitative estimate of drug-likeness (QED) is 0.673. The Morgan fingerprint density at radius 3 is 2.62 bits per heavy atom. The summed E-state index contributed by atoms with van der Waals surface area (Å²) < 4.78 is 5.47. The number of aryl methyl sites for hydroxylation is 1. The molecule has 2 aliphatic rings. The summed E-state index contributed by atoms with van der Waals surface area (Å²) in [5, 5.41) is 10.1. The van der Waals surface area contributed by atoms with Crippen LogP contribution in [0.4, 0.5) is 5.82 Å². The van der Waals surface area contributed by atoms with E-state index in [0.717, 1.165) is 24.4 Å². The highest BCUT2D eigenvalue weighted by Gasteiger charge is 2.41. The van der Waals surface area contributed by atoms with Crippen molar-refractivity contribution in [3.8, 4) is 5.13 Å². The molecule has 0 unspecified atom stereocenters. The van der Waals surface area contributed by atoms with Crippen LogP contribution in [0.25, 0.3) is 16.2 Å². The highest BCUT2D eigenvalue weighted by molar-refractivity contribution is 7.08. The molecular formula is C19H17N5O4S. The molecule has 1 N–H and O–H groups in total. The second kappa shape index (κ2) is 6.45. The van der Waals surface area contributed by atoms with Gasteiger partial charge in [0.15, 0.2) is 5.65 Å². The molecule has 1 saturated carbocycles. The van der Waals surface area contributed by atoms with Gasteiger partial charge >= 0.3 is 5.97 Å². The van der Waals surface area contributed by atoms with Crippen molar-refractivity contribution in [1.82, 2.24) is 18.9 Å². The molecule has 0 atom stereocenters. The number of pyridine rings is 2. The molecule has 0 radical (unpaired) electrons. The fourth-order valence-electron chi connectivity index (χ4n) is 3.76. The zero-order valence-corrected chi connectivity index (χ0v) is 16.3. The van der Waals surface area contributed by atoms with E-state index in [9.17, 15) is 19.5 Å². The van der Waals surface area contributed by atoms with Gasteiger partial charge in [-0.1, -0.05) is 0 Å². The number of carbonyl (C=O) groups is 2. The Kier molecular flexibility index (Phi) is 3.98. The summed E-state index contributed by atoms with van der Waals surface area (Å²) >= 11 is 1.08. The molecule has 0 spiro atoms. The Balaban J connectivity index is 1.61. The monoisotopic (exact) mass is 411 g/mol. The van der Waals surface area contributed by atoms with Crippen LogP contribution in [0, 0.1) is 18.8 Å². The SMILES string of the molecule is Cc1cc(N2CC(C(=O)C3CC3)C2)nc2c1c(=O)c(C(=O)O)cn2-c1ncns1. The van der Waals surface area contributed by atoms with Crippen molar-refractivity contribution >= 4 is 40.1 Å². The van der Waals surface area contributed by atoms with Gasteiger partial charge in [0.1, 0.15) is 23.5 Å². The highest BCUT2D eigenvalue weighted by atomic mass is 32.1. The highest BCUT2D eigenvalue weighted by Crippen LogP contribution is 2.36. The van der Waals surface area contributed by atoms with Crippen molar-refractivity contribution in [2.45, 2.75) is 19.8 Å². The predicted molar refractivity (Wildman–Crippen MR) is 106 cm³/mol. The van der Waals surface area contributed by atoms with Gasteiger partial charge in [0.05, 0.1) is 11.3 Å². The molecule has 9 nitrogen and oxygen atoms in total. The Labute approximate surface area is 168 Å². The molecule has 3 aromatic heterocycles. The summed E-state index contributed by atoms with van der Waals surface area (Å²) in [4.78, 5) is 47.4. The van der Waals surface area contributed by atoms with Crippen LogP contribution in [0.1, 0.15) is 28.8 Å². The second-order valence-corrected chi connectivity index (χ2v) is 8.30. The van der Waals surface area contributed by atoms with Crippen LogP contribution in [0.3, 0.4) is 0 Å². The predicted octanol–water partition coefficient (Wildman–Crippen LogP) is 1.66. The number of hydrogen-bond acceptors (Lipinski definition) is 8. The van der Waals surface area contributed by atoms with E-state index in [1.165, 1.54) is 17.1 Å². The van der Waals surface area contributed by atoms with Gasteiger partial charge in [-0.25, -0.2) is 14.8 Å². The molecule has 29 heavy (non-hydrogen) atoms. The molecule has 4 heterocycles. The number of carboxylic acids is 1. The number of nitrogens with zero attached hydrogens (tertiary/aromatic N) is 5. The minimum absolute atomic E-state index is 0.0417. The van der Waals surface area contributed by atoms with Crippen LogP contribution in [0.15, 0.2) is 23.4 Å². The van der Waals surface area contributed by atoms with Crippen LogP contribution in [0.2, 0.25) is 0 Å². The molecule has 148 valence electrons. The van der Waals surface area contributed by atoms with Gasteiger partial charge < -0.3 is 10.0 Å². The van der Waals surface area contributed by atoms with E-state index < -0.39 is 11.4 Å². The van der Waals surface area contributed by atoms with E-state index in [4.69, 9.17) is 0 Å². The lowest BCUT2D eigenvalue weighted by atomic mass is 9.92. The number of rotatable bonds is 5. The van der Waals surface area contributed by atoms with Gasteiger partial charge in [0.2, 0.25) is 10.6 Å². The summed E-state index contributed by atoms with van der Waals surface area (Å²) in [6, 6.07) is 1.78. The van der Waals surface area contributed by atoms with Gasteiger partial charge in [-0.15, -0.1) is 0 Å². The van der Waals surface area contributed by atoms with Crippen LogP contribution < -0.4 is 10.3 Å². The third kappa shape index (κ3) is 2.91. The number of aromatic carboxylic acids is 1. The summed E-state index contributed by atoms with van der Waals surface area (Å²) in [5.41, 5.74) is 0.0525. The Hall–Kier alpha value is -3.14. The van der Waals surface area contributed by atoms with E-state index in [2.05, 4.69) is 14.3 Å². The average Bonchev–Trinajstić information content (AvgIpc) is 3.35. The van der Waals surface area contributed by atoms with Crippen LogP contribution >= 0.6 is 11.5 Å². The largest absolute Gasteiger partial charge is 0.477 e. The first-order valence-corrected chi connectivity index (χ1v) is 10.1. The molecule has 5 rings (SSSR count). The number of hydrogen-bond donors (Lipinski definition) is 1. The van der Waals surface area contributed by atoms with Gasteiger partial charge in [-0.05, 0) is 31.4 Å². The maximum atomic E-state index is 12.8. The first kappa shape index (κ1) is 17.9. The number of aromatic nitrogens is 4. The Bertz CT molecular complexity index is 1210. The summed E-state index contributed by atoms with van der Waals surface area (Å²) in [6.07, 6.45) is 4.62. The molecule has 1 aliphatic heterocycles. The maximum absolute atomic E-state index is 12.8. The first-order chi connectivity index (χ1) is 13.9. The summed E-state index contributed by atoms with van der Waals surface area (Å²) in [7, 11) is 0. The number of carboxylic acid groups (broad SMARTS) is 1. The van der Waals surface area contributed by atoms with Gasteiger partial charge in [-0.2, -0.15) is 4.37 Å². The van der Waals surface area contributed by atoms with Gasteiger partial charge in [-0.3, -0.25) is 14.2 Å². The van der Waals surface area contributed by atoms with Crippen molar-refractivity contribution in [2.24, 2.45) is 11.8 Å². The molecule has 0 aromatic carbocycles. The van der Waals surface area contributed by atoms with Crippen molar-refractivity contribution in [1.29, 1.82) is 0 Å². The van der Waals surface area contributed by atoms with E-state index >= 15 is 0 Å². The molecular weight excluding hydrogens is 394 g/mol. The molecule has 1 aliphatic carbocycles. The topological polar surface area (TPSA) is 118 Å². The number of fused-ring (bicyclic) bond motifs is 1. The van der Waals surface area contributed by atoms with E-state index in [0.29, 0.717) is 41.0 Å². The van der Waals surface area contributed by atoms with Crippen LogP contribution in [0.5, 0.6) is 0 Å². The summed E-state index contributed by atoms with van der Waals surface area (Å²) in [5.74, 6) is -0.0143. The van der Waals surface area contributed by atoms with Crippen molar-refractivity contribution in [3.05, 3.63) is 39.9 Å². The minimum atomic E-state index is -1.30. The van der Waals surface area contributed by atoms with E-state index in [1.54, 1.807) is 13.0 Å². The molecule has 0 bridgehead atoms. The van der Waals surface area contributed by atoms with Crippen LogP contribution in [-0.4, -0.2) is 48.9 Å². The zero-order valence-electron chi connectivity index (χ0n) is 15.5. The van der Waals surface area contributed by atoms with E-state index in [-0.39, 0.29) is 22.8 Å².